The van der Waals surface area contributed by atoms with Crippen LogP contribution in [-0.4, -0.2) is 21.5 Å². The molecule has 2 saturated carbocycles. The Morgan fingerprint density at radius 1 is 0.688 bits per heavy atom. The summed E-state index contributed by atoms with van der Waals surface area (Å²) in [5.74, 6) is 0. The van der Waals surface area contributed by atoms with Crippen molar-refractivity contribution < 1.29 is 8.85 Å². The zero-order chi connectivity index (χ0) is 11.2. The van der Waals surface area contributed by atoms with Gasteiger partial charge in [0, 0.05) is 12.2 Å². The summed E-state index contributed by atoms with van der Waals surface area (Å²) in [6, 6.07) is 0. The molecule has 0 saturated heterocycles. The van der Waals surface area contributed by atoms with E-state index in [1.54, 1.807) is 0 Å². The zero-order valence-corrected chi connectivity index (χ0v) is 11.5. The van der Waals surface area contributed by atoms with Crippen LogP contribution in [0.15, 0.2) is 0 Å². The standard InChI is InChI=1S/C13H25O2Si/c1-16(14-12-8-4-2-5-9-12)15-13-10-6-3-7-11-13/h12-13H,2-11H2,1H3. The first-order valence-corrected chi connectivity index (χ1v) is 8.83. The van der Waals surface area contributed by atoms with Crippen molar-refractivity contribution in [1.29, 1.82) is 0 Å². The highest BCUT2D eigenvalue weighted by atomic mass is 28.3. The van der Waals surface area contributed by atoms with Gasteiger partial charge in [0.2, 0.25) is 0 Å². The molecule has 0 spiro atoms. The van der Waals surface area contributed by atoms with Crippen LogP contribution in [0.1, 0.15) is 64.2 Å². The Morgan fingerprint density at radius 2 is 1.06 bits per heavy atom. The molecule has 0 bridgehead atoms. The topological polar surface area (TPSA) is 18.5 Å². The summed E-state index contributed by atoms with van der Waals surface area (Å²) in [7, 11) is -0.987. The molecule has 0 aromatic carbocycles. The van der Waals surface area contributed by atoms with Gasteiger partial charge in [-0.15, -0.1) is 0 Å². The fraction of sp³-hybridized carbons (Fsp3) is 1.00. The van der Waals surface area contributed by atoms with E-state index in [2.05, 4.69) is 6.55 Å². The van der Waals surface area contributed by atoms with E-state index in [0.29, 0.717) is 12.2 Å². The zero-order valence-electron chi connectivity index (χ0n) is 10.5. The van der Waals surface area contributed by atoms with Gasteiger partial charge in [-0.2, -0.15) is 0 Å². The molecule has 3 heteroatoms. The Bertz CT molecular complexity index is 166. The second kappa shape index (κ2) is 6.77. The molecule has 0 heterocycles. The molecule has 93 valence electrons. The summed E-state index contributed by atoms with van der Waals surface area (Å²) in [5.41, 5.74) is 0. The lowest BCUT2D eigenvalue weighted by atomic mass is 9.98. The van der Waals surface area contributed by atoms with Crippen LogP contribution in [0.2, 0.25) is 6.55 Å². The molecule has 1 radical (unpaired) electrons. The first kappa shape index (κ1) is 12.6. The van der Waals surface area contributed by atoms with Gasteiger partial charge in [0.25, 0.3) is 0 Å². The fourth-order valence-electron chi connectivity index (χ4n) is 2.86. The summed E-state index contributed by atoms with van der Waals surface area (Å²) in [6.07, 6.45) is 14.3. The molecule has 0 unspecified atom stereocenters. The molecular formula is C13H25O2Si. The molecule has 0 aromatic rings. The minimum atomic E-state index is -0.987. The van der Waals surface area contributed by atoms with E-state index in [1.165, 1.54) is 64.2 Å². The number of hydrogen-bond acceptors (Lipinski definition) is 2. The van der Waals surface area contributed by atoms with Crippen molar-refractivity contribution in [3.63, 3.8) is 0 Å². The minimum absolute atomic E-state index is 0.510. The highest BCUT2D eigenvalue weighted by molar-refractivity contribution is 6.42. The smallest absolute Gasteiger partial charge is 0.381 e. The van der Waals surface area contributed by atoms with E-state index >= 15 is 0 Å². The number of rotatable bonds is 4. The molecular weight excluding hydrogens is 216 g/mol. The van der Waals surface area contributed by atoms with Crippen molar-refractivity contribution in [1.82, 2.24) is 0 Å². The molecule has 2 aliphatic rings. The van der Waals surface area contributed by atoms with Crippen LogP contribution in [0, 0.1) is 0 Å². The summed E-state index contributed by atoms with van der Waals surface area (Å²) in [4.78, 5) is 0. The van der Waals surface area contributed by atoms with Gasteiger partial charge in [-0.25, -0.2) is 0 Å². The van der Waals surface area contributed by atoms with Crippen molar-refractivity contribution in [3.8, 4) is 0 Å². The molecule has 2 rings (SSSR count). The van der Waals surface area contributed by atoms with Gasteiger partial charge in [-0.3, -0.25) is 0 Å². The first-order chi connectivity index (χ1) is 7.84. The molecule has 0 atom stereocenters. The highest BCUT2D eigenvalue weighted by Gasteiger charge is 2.23. The first-order valence-electron chi connectivity index (χ1n) is 7.01. The van der Waals surface area contributed by atoms with Crippen LogP contribution >= 0.6 is 0 Å². The lowest BCUT2D eigenvalue weighted by molar-refractivity contribution is 0.0691. The van der Waals surface area contributed by atoms with E-state index in [1.807, 2.05) is 0 Å². The van der Waals surface area contributed by atoms with E-state index in [9.17, 15) is 0 Å². The summed E-state index contributed by atoms with van der Waals surface area (Å²) in [5, 5.41) is 0. The second-order valence-electron chi connectivity index (χ2n) is 5.25. The Morgan fingerprint density at radius 3 is 1.44 bits per heavy atom. The SMILES string of the molecule is C[Si](OC1CCCCC1)OC1CCCCC1. The molecule has 2 fully saturated rings. The van der Waals surface area contributed by atoms with Crippen LogP contribution in [0.4, 0.5) is 0 Å². The molecule has 0 N–H and O–H groups in total. The average Bonchev–Trinajstić information content (AvgIpc) is 2.31. The minimum Gasteiger partial charge on any atom is -0.390 e. The largest absolute Gasteiger partial charge is 0.390 e. The van der Waals surface area contributed by atoms with Crippen molar-refractivity contribution >= 4 is 9.28 Å². The van der Waals surface area contributed by atoms with Crippen LogP contribution < -0.4 is 0 Å². The van der Waals surface area contributed by atoms with Crippen LogP contribution in [0.3, 0.4) is 0 Å². The highest BCUT2D eigenvalue weighted by Crippen LogP contribution is 2.24. The Labute approximate surface area is 102 Å². The second-order valence-corrected chi connectivity index (χ2v) is 6.70. The molecule has 2 aliphatic carbocycles. The summed E-state index contributed by atoms with van der Waals surface area (Å²) >= 11 is 0. The average molecular weight is 241 g/mol. The molecule has 2 nitrogen and oxygen atoms in total. The van der Waals surface area contributed by atoms with E-state index in [4.69, 9.17) is 8.85 Å². The number of hydrogen-bond donors (Lipinski definition) is 0. The van der Waals surface area contributed by atoms with Crippen LogP contribution in [0.5, 0.6) is 0 Å². The third kappa shape index (κ3) is 4.19. The van der Waals surface area contributed by atoms with Gasteiger partial charge in [0.15, 0.2) is 0 Å². The summed E-state index contributed by atoms with van der Waals surface area (Å²) < 4.78 is 12.1. The van der Waals surface area contributed by atoms with Gasteiger partial charge in [-0.05, 0) is 32.2 Å². The van der Waals surface area contributed by atoms with Gasteiger partial charge in [-0.1, -0.05) is 38.5 Å². The van der Waals surface area contributed by atoms with Gasteiger partial charge >= 0.3 is 9.28 Å². The Hall–Kier alpha value is 0.137. The van der Waals surface area contributed by atoms with Crippen molar-refractivity contribution in [2.24, 2.45) is 0 Å². The Kier molecular flexibility index (Phi) is 5.33. The van der Waals surface area contributed by atoms with Crippen LogP contribution in [-0.2, 0) is 8.85 Å². The quantitative estimate of drug-likeness (QED) is 0.697. The maximum Gasteiger partial charge on any atom is 0.381 e. The van der Waals surface area contributed by atoms with Crippen LogP contribution in [0.25, 0.3) is 0 Å². The maximum atomic E-state index is 6.07. The fourth-order valence-corrected chi connectivity index (χ4v) is 4.33. The molecule has 0 aliphatic heterocycles. The molecule has 0 amide bonds. The predicted molar refractivity (Wildman–Crippen MR) is 67.5 cm³/mol. The predicted octanol–water partition coefficient (Wildman–Crippen LogP) is 3.80. The van der Waals surface area contributed by atoms with Gasteiger partial charge in [0.05, 0.1) is 0 Å². The summed E-state index contributed by atoms with van der Waals surface area (Å²) in [6.45, 7) is 2.17. The van der Waals surface area contributed by atoms with Crippen molar-refractivity contribution in [3.05, 3.63) is 0 Å². The van der Waals surface area contributed by atoms with Gasteiger partial charge < -0.3 is 8.85 Å². The van der Waals surface area contributed by atoms with E-state index in [0.717, 1.165) is 0 Å². The van der Waals surface area contributed by atoms with E-state index < -0.39 is 9.28 Å². The molecule has 0 aromatic heterocycles. The van der Waals surface area contributed by atoms with Crippen molar-refractivity contribution in [2.75, 3.05) is 0 Å². The Balaban J connectivity index is 1.64. The monoisotopic (exact) mass is 241 g/mol. The third-order valence-corrected chi connectivity index (χ3v) is 5.10. The maximum absolute atomic E-state index is 6.07. The van der Waals surface area contributed by atoms with Gasteiger partial charge in [0.1, 0.15) is 0 Å². The van der Waals surface area contributed by atoms with E-state index in [-0.39, 0.29) is 0 Å². The lowest BCUT2D eigenvalue weighted by Gasteiger charge is -2.28. The third-order valence-electron chi connectivity index (χ3n) is 3.77. The normalized spacial score (nSPS) is 25.1. The molecule has 16 heavy (non-hydrogen) atoms. The van der Waals surface area contributed by atoms with Crippen molar-refractivity contribution in [2.45, 2.75) is 83.0 Å². The lowest BCUT2D eigenvalue weighted by Crippen LogP contribution is -2.32.